The van der Waals surface area contributed by atoms with Gasteiger partial charge in [0.2, 0.25) is 0 Å². The van der Waals surface area contributed by atoms with Crippen molar-refractivity contribution in [1.29, 1.82) is 0 Å². The van der Waals surface area contributed by atoms with E-state index in [0.29, 0.717) is 0 Å². The van der Waals surface area contributed by atoms with Crippen LogP contribution < -0.4 is 19.8 Å². The summed E-state index contributed by atoms with van der Waals surface area (Å²) in [5, 5.41) is 12.5. The number of hydrogen-bond acceptors (Lipinski definition) is 2. The third-order valence-corrected chi connectivity index (χ3v) is 16.3. The SMILES string of the molecule is C[Si](C)(C)c1ccc2c(c1)Oc1ccc(-c3c4ccccc4c(-c4ccc5c6c(cccc46)-c4ccc([Si](C)(C)C)cc4O5)c4ccccc34)c3cccc-2c13. The summed E-state index contributed by atoms with van der Waals surface area (Å²) in [4.78, 5) is 0. The number of ether oxygens (including phenoxy) is 2. The summed E-state index contributed by atoms with van der Waals surface area (Å²) >= 11 is 0. The highest BCUT2D eigenvalue weighted by Gasteiger charge is 2.28. The highest BCUT2D eigenvalue weighted by Crippen LogP contribution is 2.53. The smallest absolute Gasteiger partial charge is 0.135 e. The van der Waals surface area contributed by atoms with Crippen molar-refractivity contribution in [3.63, 3.8) is 0 Å². The lowest BCUT2D eigenvalue weighted by atomic mass is 9.82. The average molecular weight is 755 g/mol. The second kappa shape index (κ2) is 11.8. The quantitative estimate of drug-likeness (QED) is 0.132. The van der Waals surface area contributed by atoms with Crippen LogP contribution in [0.3, 0.4) is 0 Å². The van der Waals surface area contributed by atoms with Gasteiger partial charge < -0.3 is 9.47 Å². The first kappa shape index (κ1) is 33.4. The van der Waals surface area contributed by atoms with E-state index in [0.717, 1.165) is 23.0 Å². The maximum atomic E-state index is 6.76. The van der Waals surface area contributed by atoms with E-state index in [4.69, 9.17) is 9.47 Å². The minimum Gasteiger partial charge on any atom is -0.456 e. The lowest BCUT2D eigenvalue weighted by Gasteiger charge is -2.26. The lowest BCUT2D eigenvalue weighted by Crippen LogP contribution is -2.37. The maximum absolute atomic E-state index is 6.76. The van der Waals surface area contributed by atoms with E-state index in [1.165, 1.54) is 98.0 Å². The summed E-state index contributed by atoms with van der Waals surface area (Å²) in [5.41, 5.74) is 9.74. The zero-order valence-electron chi connectivity index (χ0n) is 32.7. The first-order valence-corrected chi connectivity index (χ1v) is 26.8. The van der Waals surface area contributed by atoms with E-state index in [1.54, 1.807) is 0 Å². The van der Waals surface area contributed by atoms with E-state index >= 15 is 0 Å². The Balaban J connectivity index is 1.15. The number of rotatable bonds is 4. The van der Waals surface area contributed by atoms with Crippen molar-refractivity contribution >= 4 is 69.6 Å². The highest BCUT2D eigenvalue weighted by atomic mass is 28.3. The predicted molar refractivity (Wildman–Crippen MR) is 244 cm³/mol. The number of benzene rings is 9. The van der Waals surface area contributed by atoms with Gasteiger partial charge in [-0.1, -0.05) is 159 Å². The maximum Gasteiger partial charge on any atom is 0.135 e. The molecule has 0 fully saturated rings. The van der Waals surface area contributed by atoms with Gasteiger partial charge in [0.25, 0.3) is 0 Å². The van der Waals surface area contributed by atoms with Crippen LogP contribution in [0.15, 0.2) is 146 Å². The molecule has 4 heteroatoms. The van der Waals surface area contributed by atoms with Gasteiger partial charge in [0.1, 0.15) is 23.0 Å². The van der Waals surface area contributed by atoms with Crippen LogP contribution in [0.2, 0.25) is 39.3 Å². The van der Waals surface area contributed by atoms with Gasteiger partial charge >= 0.3 is 0 Å². The van der Waals surface area contributed by atoms with Gasteiger partial charge in [0.15, 0.2) is 0 Å². The molecule has 0 aliphatic carbocycles. The largest absolute Gasteiger partial charge is 0.456 e. The molecule has 9 aromatic rings. The molecule has 11 rings (SSSR count). The van der Waals surface area contributed by atoms with Crippen LogP contribution in [-0.2, 0) is 0 Å². The molecule has 9 aromatic carbocycles. The third kappa shape index (κ3) is 4.85. The summed E-state index contributed by atoms with van der Waals surface area (Å²) < 4.78 is 13.5. The molecule has 0 saturated heterocycles. The van der Waals surface area contributed by atoms with Crippen LogP contribution in [0.25, 0.3) is 87.6 Å². The Hall–Kier alpha value is -5.95. The first-order valence-electron chi connectivity index (χ1n) is 19.8. The van der Waals surface area contributed by atoms with Crippen LogP contribution in [0.1, 0.15) is 0 Å². The van der Waals surface area contributed by atoms with Gasteiger partial charge in [0.05, 0.1) is 16.1 Å². The number of hydrogen-bond donors (Lipinski definition) is 0. The van der Waals surface area contributed by atoms with Gasteiger partial charge in [-0.25, -0.2) is 0 Å². The lowest BCUT2D eigenvalue weighted by molar-refractivity contribution is 0.487. The van der Waals surface area contributed by atoms with Crippen molar-refractivity contribution in [1.82, 2.24) is 0 Å². The molecule has 0 radical (unpaired) electrons. The van der Waals surface area contributed by atoms with Crippen molar-refractivity contribution in [2.75, 3.05) is 0 Å². The second-order valence-electron chi connectivity index (χ2n) is 17.6. The van der Waals surface area contributed by atoms with Gasteiger partial charge in [-0.05, 0) is 102 Å². The Morgan fingerprint density at radius 1 is 0.304 bits per heavy atom. The van der Waals surface area contributed by atoms with Gasteiger partial charge in [-0.15, -0.1) is 0 Å². The van der Waals surface area contributed by atoms with Gasteiger partial charge in [0, 0.05) is 21.9 Å². The van der Waals surface area contributed by atoms with Gasteiger partial charge in [-0.2, -0.15) is 0 Å². The van der Waals surface area contributed by atoms with Crippen LogP contribution in [0.4, 0.5) is 0 Å². The van der Waals surface area contributed by atoms with Crippen LogP contribution >= 0.6 is 0 Å². The van der Waals surface area contributed by atoms with Crippen molar-refractivity contribution in [3.8, 4) is 67.5 Å². The fraction of sp³-hybridized carbons (Fsp3) is 0.115. The zero-order chi connectivity index (χ0) is 38.1. The fourth-order valence-corrected chi connectivity index (χ4v) is 11.6. The molecule has 0 saturated carbocycles. The molecule has 56 heavy (non-hydrogen) atoms. The molecule has 0 amide bonds. The molecule has 2 aliphatic rings. The normalized spacial score (nSPS) is 13.1. The van der Waals surface area contributed by atoms with Crippen LogP contribution in [0.5, 0.6) is 23.0 Å². The summed E-state index contributed by atoms with van der Waals surface area (Å²) in [7, 11) is -3.02. The summed E-state index contributed by atoms with van der Waals surface area (Å²) in [6.45, 7) is 14.3. The Labute approximate surface area is 330 Å². The van der Waals surface area contributed by atoms with Crippen LogP contribution in [0, 0.1) is 0 Å². The highest BCUT2D eigenvalue weighted by molar-refractivity contribution is 6.89. The molecular weight excluding hydrogens is 713 g/mol. The van der Waals surface area contributed by atoms with E-state index < -0.39 is 16.1 Å². The third-order valence-electron chi connectivity index (χ3n) is 12.2. The second-order valence-corrected chi connectivity index (χ2v) is 27.8. The van der Waals surface area contributed by atoms with E-state index in [9.17, 15) is 0 Å². The summed E-state index contributed by atoms with van der Waals surface area (Å²) in [6, 6.07) is 54.2. The number of fused-ring (bicyclic) bond motifs is 6. The molecule has 0 aromatic heterocycles. The first-order chi connectivity index (χ1) is 27.0. The minimum atomic E-state index is -1.51. The fourth-order valence-electron chi connectivity index (χ4n) is 9.34. The Kier molecular flexibility index (Phi) is 7.03. The standard InChI is InChI=1S/C52H42O2Si2/c1-55(2,3)31-21-23-33-35-17-11-19-41-43(25-27-45(51(35)41)53-47(33)29-31)49-37-13-7-9-15-39(37)50(40-16-10-8-14-38(40)49)44-26-28-46-52-36(18-12-20-42(44)52)34-24-22-32(56(4,5)6)30-48(34)54-46/h7-30H,1-6H3. The van der Waals surface area contributed by atoms with E-state index in [-0.39, 0.29) is 0 Å². The minimum absolute atomic E-state index is 0.925. The average Bonchev–Trinajstić information content (AvgIpc) is 3.20. The summed E-state index contributed by atoms with van der Waals surface area (Å²) in [5.74, 6) is 3.77. The molecule has 2 nitrogen and oxygen atoms in total. The van der Waals surface area contributed by atoms with Crippen molar-refractivity contribution in [3.05, 3.63) is 146 Å². The molecule has 0 atom stereocenters. The van der Waals surface area contributed by atoms with Crippen molar-refractivity contribution in [2.24, 2.45) is 0 Å². The molecule has 0 N–H and O–H groups in total. The Morgan fingerprint density at radius 2 is 0.661 bits per heavy atom. The van der Waals surface area contributed by atoms with Gasteiger partial charge in [-0.3, -0.25) is 0 Å². The predicted octanol–water partition coefficient (Wildman–Crippen LogP) is 14.3. The Bertz CT molecular complexity index is 2890. The molecular formula is C52H42O2Si2. The van der Waals surface area contributed by atoms with E-state index in [2.05, 4.69) is 185 Å². The topological polar surface area (TPSA) is 18.5 Å². The monoisotopic (exact) mass is 754 g/mol. The van der Waals surface area contributed by atoms with Crippen LogP contribution in [-0.4, -0.2) is 16.1 Å². The van der Waals surface area contributed by atoms with Crippen molar-refractivity contribution < 1.29 is 9.47 Å². The van der Waals surface area contributed by atoms with E-state index in [1.807, 2.05) is 0 Å². The zero-order valence-corrected chi connectivity index (χ0v) is 34.7. The Morgan fingerprint density at radius 3 is 1.04 bits per heavy atom. The molecule has 0 spiro atoms. The molecule has 0 bridgehead atoms. The van der Waals surface area contributed by atoms with Crippen molar-refractivity contribution in [2.45, 2.75) is 39.3 Å². The molecule has 2 aliphatic heterocycles. The summed E-state index contributed by atoms with van der Waals surface area (Å²) in [6.07, 6.45) is 0. The molecule has 270 valence electrons. The molecule has 0 unspecified atom stereocenters. The molecule has 2 heterocycles.